The zero-order valence-corrected chi connectivity index (χ0v) is 20.1. The lowest BCUT2D eigenvalue weighted by Gasteiger charge is -2.35. The predicted molar refractivity (Wildman–Crippen MR) is 130 cm³/mol. The van der Waals surface area contributed by atoms with E-state index in [1.54, 1.807) is 12.4 Å². The van der Waals surface area contributed by atoms with Crippen LogP contribution in [0, 0.1) is 17.6 Å². The van der Waals surface area contributed by atoms with Crippen LogP contribution in [0.1, 0.15) is 17.9 Å². The molecule has 36 heavy (non-hydrogen) atoms. The number of anilines is 2. The molecule has 2 aliphatic heterocycles. The summed E-state index contributed by atoms with van der Waals surface area (Å²) in [6, 6.07) is 3.03. The summed E-state index contributed by atoms with van der Waals surface area (Å²) < 4.78 is 33.7. The fraction of sp³-hybridized carbons (Fsp3) is 0.417. The highest BCUT2D eigenvalue weighted by Gasteiger charge is 2.34. The molecule has 2 fully saturated rings. The summed E-state index contributed by atoms with van der Waals surface area (Å²) in [5.74, 6) is 0.0448. The summed E-state index contributed by atoms with van der Waals surface area (Å²) >= 11 is 5.84. The third kappa shape index (κ3) is 5.32. The van der Waals surface area contributed by atoms with Gasteiger partial charge in [-0.05, 0) is 30.2 Å². The summed E-state index contributed by atoms with van der Waals surface area (Å²) in [6.45, 7) is 2.19. The predicted octanol–water partition coefficient (Wildman–Crippen LogP) is 2.40. The molecule has 0 amide bonds. The van der Waals surface area contributed by atoms with E-state index in [-0.39, 0.29) is 23.4 Å². The van der Waals surface area contributed by atoms with Crippen LogP contribution in [-0.2, 0) is 0 Å². The van der Waals surface area contributed by atoms with Gasteiger partial charge in [-0.25, -0.2) is 28.7 Å². The molecule has 4 heterocycles. The topological polar surface area (TPSA) is 114 Å². The van der Waals surface area contributed by atoms with Crippen LogP contribution in [-0.4, -0.2) is 70.0 Å². The number of β-amino-alcohol motifs (C(OH)–C–C–N with tert-alkyl or cyclic N) is 1. The minimum atomic E-state index is -0.607. The molecular weight excluding hydrogens is 492 g/mol. The maximum Gasteiger partial charge on any atom is 0.225 e. The molecule has 0 spiro atoms. The molecule has 1 aromatic carbocycles. The van der Waals surface area contributed by atoms with Gasteiger partial charge in [0.2, 0.25) is 11.9 Å². The number of aromatic nitrogens is 4. The van der Waals surface area contributed by atoms with Crippen molar-refractivity contribution in [2.75, 3.05) is 42.6 Å². The van der Waals surface area contributed by atoms with Crippen molar-refractivity contribution >= 4 is 23.5 Å². The Kier molecular flexibility index (Phi) is 7.13. The van der Waals surface area contributed by atoms with E-state index in [4.69, 9.17) is 22.1 Å². The van der Waals surface area contributed by atoms with Crippen LogP contribution in [0.5, 0.6) is 5.75 Å². The van der Waals surface area contributed by atoms with Gasteiger partial charge in [0.15, 0.2) is 5.75 Å². The second kappa shape index (κ2) is 10.5. The molecule has 0 saturated carbocycles. The molecular formula is C24H26ClF2N7O2. The van der Waals surface area contributed by atoms with E-state index in [1.807, 2.05) is 9.80 Å². The zero-order valence-electron chi connectivity index (χ0n) is 19.3. The van der Waals surface area contributed by atoms with Crippen LogP contribution >= 0.6 is 11.6 Å². The van der Waals surface area contributed by atoms with Gasteiger partial charge in [0.05, 0.1) is 42.5 Å². The summed E-state index contributed by atoms with van der Waals surface area (Å²) in [4.78, 5) is 20.9. The molecule has 5 rings (SSSR count). The maximum absolute atomic E-state index is 14.2. The molecule has 3 aromatic rings. The van der Waals surface area contributed by atoms with Gasteiger partial charge in [-0.15, -0.1) is 0 Å². The van der Waals surface area contributed by atoms with Crippen LogP contribution in [0.2, 0.25) is 5.02 Å². The Morgan fingerprint density at radius 3 is 2.42 bits per heavy atom. The van der Waals surface area contributed by atoms with E-state index in [0.717, 1.165) is 12.1 Å². The number of hydrogen-bond acceptors (Lipinski definition) is 9. The minimum absolute atomic E-state index is 0.0632. The third-order valence-corrected chi connectivity index (χ3v) is 6.89. The van der Waals surface area contributed by atoms with E-state index >= 15 is 0 Å². The quantitative estimate of drug-likeness (QED) is 0.508. The Bertz CT molecular complexity index is 1190. The largest absolute Gasteiger partial charge is 0.490 e. The van der Waals surface area contributed by atoms with Crippen LogP contribution < -0.4 is 20.3 Å². The Morgan fingerprint density at radius 2 is 1.69 bits per heavy atom. The lowest BCUT2D eigenvalue weighted by atomic mass is 9.94. The molecule has 3 N–H and O–H groups in total. The standard InChI is InChI=1S/C24H26ClF2N7O2/c25-15-6-29-23(30-7-15)33-4-3-14(22(35)12-33)13-36-17-8-31-24(32-9-17)34-10-19(21(28)11-34)18-5-16(26)1-2-20(18)27/h1-2,5-9,14,19,21-22,35H,3-4,10-13,28H2/t14-,19+,21-,22-/m0/s1. The first-order valence-corrected chi connectivity index (χ1v) is 12.1. The van der Waals surface area contributed by atoms with Gasteiger partial charge >= 0.3 is 0 Å². The summed E-state index contributed by atoms with van der Waals surface area (Å²) in [5.41, 5.74) is 6.49. The van der Waals surface area contributed by atoms with Crippen LogP contribution in [0.3, 0.4) is 0 Å². The first-order valence-electron chi connectivity index (χ1n) is 11.7. The summed E-state index contributed by atoms with van der Waals surface area (Å²) in [6.07, 6.45) is 6.29. The Labute approximate surface area is 211 Å². The van der Waals surface area contributed by atoms with Crippen molar-refractivity contribution in [2.45, 2.75) is 24.5 Å². The molecule has 190 valence electrons. The minimum Gasteiger partial charge on any atom is -0.490 e. The number of nitrogens with two attached hydrogens (primary N) is 1. The third-order valence-electron chi connectivity index (χ3n) is 6.70. The molecule has 2 aromatic heterocycles. The molecule has 12 heteroatoms. The van der Waals surface area contributed by atoms with Gasteiger partial charge in [0, 0.05) is 44.1 Å². The number of hydrogen-bond donors (Lipinski definition) is 2. The van der Waals surface area contributed by atoms with E-state index in [0.29, 0.717) is 61.9 Å². The smallest absolute Gasteiger partial charge is 0.225 e. The molecule has 0 bridgehead atoms. The second-order valence-corrected chi connectivity index (χ2v) is 9.57. The lowest BCUT2D eigenvalue weighted by molar-refractivity contribution is 0.0611. The van der Waals surface area contributed by atoms with Crippen molar-refractivity contribution in [1.82, 2.24) is 19.9 Å². The maximum atomic E-state index is 14.2. The van der Waals surface area contributed by atoms with E-state index in [1.165, 1.54) is 18.5 Å². The average molecular weight is 518 g/mol. The van der Waals surface area contributed by atoms with Crippen molar-refractivity contribution in [1.29, 1.82) is 0 Å². The van der Waals surface area contributed by atoms with Crippen LogP contribution in [0.4, 0.5) is 20.7 Å². The number of halogens is 3. The molecule has 0 aliphatic carbocycles. The van der Waals surface area contributed by atoms with Crippen molar-refractivity contribution in [2.24, 2.45) is 11.7 Å². The van der Waals surface area contributed by atoms with E-state index in [2.05, 4.69) is 19.9 Å². The highest BCUT2D eigenvalue weighted by molar-refractivity contribution is 6.30. The Hall–Kier alpha value is -3.15. The highest BCUT2D eigenvalue weighted by atomic mass is 35.5. The number of benzene rings is 1. The fourth-order valence-corrected chi connectivity index (χ4v) is 4.79. The molecule has 0 radical (unpaired) electrons. The lowest BCUT2D eigenvalue weighted by Crippen LogP contribution is -2.46. The molecule has 0 unspecified atom stereocenters. The molecule has 9 nitrogen and oxygen atoms in total. The Balaban J connectivity index is 1.15. The van der Waals surface area contributed by atoms with Crippen LogP contribution in [0.15, 0.2) is 43.0 Å². The normalized spacial score (nSPS) is 24.2. The van der Waals surface area contributed by atoms with Gasteiger partial charge in [-0.3, -0.25) is 0 Å². The van der Waals surface area contributed by atoms with E-state index in [9.17, 15) is 13.9 Å². The number of rotatable bonds is 6. The highest BCUT2D eigenvalue weighted by Crippen LogP contribution is 2.31. The van der Waals surface area contributed by atoms with E-state index < -0.39 is 17.7 Å². The first kappa shape index (κ1) is 24.5. The molecule has 2 saturated heterocycles. The Morgan fingerprint density at radius 1 is 1.00 bits per heavy atom. The molecule has 2 aliphatic rings. The fourth-order valence-electron chi connectivity index (χ4n) is 4.70. The number of aliphatic hydroxyl groups is 1. The van der Waals surface area contributed by atoms with Crippen molar-refractivity contribution in [3.63, 3.8) is 0 Å². The van der Waals surface area contributed by atoms with Crippen molar-refractivity contribution in [3.8, 4) is 5.75 Å². The molecule has 4 atom stereocenters. The number of aliphatic hydroxyl groups excluding tert-OH is 1. The summed E-state index contributed by atoms with van der Waals surface area (Å²) in [5, 5.41) is 11.1. The summed E-state index contributed by atoms with van der Waals surface area (Å²) in [7, 11) is 0. The van der Waals surface area contributed by atoms with Gasteiger partial charge in [-0.1, -0.05) is 11.6 Å². The van der Waals surface area contributed by atoms with Gasteiger partial charge in [-0.2, -0.15) is 0 Å². The number of nitrogens with zero attached hydrogens (tertiary/aromatic N) is 6. The number of ether oxygens (including phenoxy) is 1. The van der Waals surface area contributed by atoms with Gasteiger partial charge < -0.3 is 25.4 Å². The van der Waals surface area contributed by atoms with Gasteiger partial charge in [0.1, 0.15) is 11.6 Å². The number of piperidine rings is 1. The van der Waals surface area contributed by atoms with Crippen molar-refractivity contribution in [3.05, 3.63) is 65.2 Å². The average Bonchev–Trinajstić information content (AvgIpc) is 3.27. The zero-order chi connectivity index (χ0) is 25.2. The SMILES string of the molecule is N[C@H]1CN(c2ncc(OC[C@@H]3CCN(c4ncc(Cl)cn4)C[C@@H]3O)cn2)C[C@@H]1c1cc(F)ccc1F. The first-order chi connectivity index (χ1) is 17.4. The van der Waals surface area contributed by atoms with Crippen LogP contribution in [0.25, 0.3) is 0 Å². The monoisotopic (exact) mass is 517 g/mol. The van der Waals surface area contributed by atoms with Gasteiger partial charge in [0.25, 0.3) is 0 Å². The van der Waals surface area contributed by atoms with Crippen molar-refractivity contribution < 1.29 is 18.6 Å². The second-order valence-electron chi connectivity index (χ2n) is 9.13.